The van der Waals surface area contributed by atoms with Gasteiger partial charge in [0.25, 0.3) is 5.91 Å². The lowest BCUT2D eigenvalue weighted by molar-refractivity contribution is 0.0794. The number of rotatable bonds is 3. The molecule has 2 aromatic rings. The molecule has 0 bridgehead atoms. The van der Waals surface area contributed by atoms with Crippen molar-refractivity contribution in [3.8, 4) is 5.75 Å². The number of amides is 1. The maximum absolute atomic E-state index is 12.6. The van der Waals surface area contributed by atoms with Crippen LogP contribution in [-0.4, -0.2) is 31.0 Å². The number of halogens is 2. The molecule has 1 radical (unpaired) electrons. The Morgan fingerprint density at radius 2 is 1.96 bits per heavy atom. The minimum atomic E-state index is 0.0129. The van der Waals surface area contributed by atoms with Gasteiger partial charge in [0.05, 0.1) is 17.2 Å². The van der Waals surface area contributed by atoms with Crippen LogP contribution < -0.4 is 4.74 Å². The summed E-state index contributed by atoms with van der Waals surface area (Å²) in [6.07, 6.45) is 0.841. The van der Waals surface area contributed by atoms with Crippen LogP contribution in [0.5, 0.6) is 5.75 Å². The molecule has 3 nitrogen and oxygen atoms in total. The molecule has 3 rings (SSSR count). The van der Waals surface area contributed by atoms with E-state index in [2.05, 4.69) is 0 Å². The lowest BCUT2D eigenvalue weighted by atomic mass is 9.99. The average Bonchev–Trinajstić information content (AvgIpc) is 3.06. The largest absolute Gasteiger partial charge is 0.497 e. The van der Waals surface area contributed by atoms with Gasteiger partial charge in [-0.05, 0) is 42.3 Å². The molecule has 23 heavy (non-hydrogen) atoms. The van der Waals surface area contributed by atoms with Crippen molar-refractivity contribution in [1.29, 1.82) is 0 Å². The highest BCUT2D eigenvalue weighted by Crippen LogP contribution is 2.31. The zero-order valence-electron chi connectivity index (χ0n) is 12.7. The zero-order valence-corrected chi connectivity index (χ0v) is 14.2. The Morgan fingerprint density at radius 1 is 1.13 bits per heavy atom. The number of hydrogen-bond acceptors (Lipinski definition) is 2. The monoisotopic (exact) mass is 348 g/mol. The average molecular weight is 349 g/mol. The maximum Gasteiger partial charge on any atom is 0.254 e. The molecule has 1 fully saturated rings. The van der Waals surface area contributed by atoms with Crippen molar-refractivity contribution >= 4 is 29.1 Å². The lowest BCUT2D eigenvalue weighted by Crippen LogP contribution is -2.28. The predicted molar refractivity (Wildman–Crippen MR) is 92.3 cm³/mol. The first-order valence-corrected chi connectivity index (χ1v) is 8.07. The van der Waals surface area contributed by atoms with Crippen LogP contribution in [0.3, 0.4) is 0 Å². The Labute approximate surface area is 145 Å². The first kappa shape index (κ1) is 16.2. The van der Waals surface area contributed by atoms with Gasteiger partial charge in [-0.15, -0.1) is 0 Å². The summed E-state index contributed by atoms with van der Waals surface area (Å²) in [5.41, 5.74) is 1.68. The summed E-state index contributed by atoms with van der Waals surface area (Å²) >= 11 is 12.0. The van der Waals surface area contributed by atoms with E-state index in [1.165, 1.54) is 5.92 Å². The Bertz CT molecular complexity index is 733. The van der Waals surface area contributed by atoms with Gasteiger partial charge in [-0.1, -0.05) is 35.3 Å². The molecule has 0 aromatic heterocycles. The van der Waals surface area contributed by atoms with Gasteiger partial charge in [0.15, 0.2) is 0 Å². The molecule has 0 N–H and O–H groups in total. The summed E-state index contributed by atoms with van der Waals surface area (Å²) in [6, 6.07) is 12.8. The third kappa shape index (κ3) is 3.46. The van der Waals surface area contributed by atoms with E-state index in [-0.39, 0.29) is 5.91 Å². The number of ether oxygens (including phenoxy) is 1. The highest BCUT2D eigenvalue weighted by molar-refractivity contribution is 6.42. The highest BCUT2D eigenvalue weighted by Gasteiger charge is 2.28. The van der Waals surface area contributed by atoms with Crippen molar-refractivity contribution in [1.82, 2.24) is 4.90 Å². The van der Waals surface area contributed by atoms with Gasteiger partial charge in [-0.25, -0.2) is 0 Å². The Morgan fingerprint density at radius 3 is 2.70 bits per heavy atom. The van der Waals surface area contributed by atoms with Crippen molar-refractivity contribution in [3.63, 3.8) is 0 Å². The molecule has 5 heteroatoms. The van der Waals surface area contributed by atoms with Crippen molar-refractivity contribution in [3.05, 3.63) is 69.6 Å². The molecule has 1 saturated heterocycles. The van der Waals surface area contributed by atoms with Crippen LogP contribution in [0.1, 0.15) is 22.3 Å². The van der Waals surface area contributed by atoms with Crippen LogP contribution in [0.15, 0.2) is 42.5 Å². The minimum absolute atomic E-state index is 0.0129. The number of benzene rings is 2. The number of hydrogen-bond donors (Lipinski definition) is 0. The topological polar surface area (TPSA) is 29.5 Å². The van der Waals surface area contributed by atoms with Crippen molar-refractivity contribution in [2.24, 2.45) is 0 Å². The molecule has 119 valence electrons. The van der Waals surface area contributed by atoms with Gasteiger partial charge >= 0.3 is 0 Å². The molecule has 0 saturated carbocycles. The van der Waals surface area contributed by atoms with E-state index in [4.69, 9.17) is 27.9 Å². The fraction of sp³-hybridized carbons (Fsp3) is 0.222. The molecular weight excluding hydrogens is 333 g/mol. The molecule has 1 aliphatic heterocycles. The standard InChI is InChI=1S/C18H16Cl2NO2/c1-23-15-4-2-3-13(9-15)18(22)21-8-7-14(11-21)12-5-6-16(19)17(20)10-12/h2-6,9-10H,7-8,11H2,1H3. The number of carbonyl (C=O) groups excluding carboxylic acids is 1. The molecule has 0 aliphatic carbocycles. The molecule has 0 atom stereocenters. The molecule has 1 amide bonds. The van der Waals surface area contributed by atoms with Crippen LogP contribution in [0, 0.1) is 5.92 Å². The van der Waals surface area contributed by atoms with E-state index < -0.39 is 0 Å². The second-order valence-electron chi connectivity index (χ2n) is 5.44. The molecule has 2 aromatic carbocycles. The smallest absolute Gasteiger partial charge is 0.254 e. The van der Waals surface area contributed by atoms with E-state index in [9.17, 15) is 4.79 Å². The van der Waals surface area contributed by atoms with Gasteiger partial charge in [-0.2, -0.15) is 0 Å². The van der Waals surface area contributed by atoms with Crippen molar-refractivity contribution in [2.45, 2.75) is 6.42 Å². The quantitative estimate of drug-likeness (QED) is 0.818. The third-order valence-corrected chi connectivity index (χ3v) is 4.74. The minimum Gasteiger partial charge on any atom is -0.497 e. The fourth-order valence-electron chi connectivity index (χ4n) is 2.72. The van der Waals surface area contributed by atoms with Crippen LogP contribution in [0.4, 0.5) is 0 Å². The summed E-state index contributed by atoms with van der Waals surface area (Å²) in [6.45, 7) is 1.31. The Hall–Kier alpha value is -1.71. The maximum atomic E-state index is 12.6. The van der Waals surface area contributed by atoms with E-state index >= 15 is 0 Å². The molecular formula is C18H16Cl2NO2. The van der Waals surface area contributed by atoms with Gasteiger partial charge in [0, 0.05) is 24.6 Å². The van der Waals surface area contributed by atoms with E-state index in [0.717, 1.165) is 12.0 Å². The molecule has 1 heterocycles. The summed E-state index contributed by atoms with van der Waals surface area (Å²) < 4.78 is 5.18. The molecule has 0 unspecified atom stereocenters. The van der Waals surface area contributed by atoms with E-state index in [0.29, 0.717) is 34.4 Å². The summed E-state index contributed by atoms with van der Waals surface area (Å²) in [4.78, 5) is 14.5. The number of methoxy groups -OCH3 is 1. The Kier molecular flexibility index (Phi) is 4.79. The normalized spacial score (nSPS) is 15.0. The van der Waals surface area contributed by atoms with E-state index in [1.54, 1.807) is 19.2 Å². The summed E-state index contributed by atoms with van der Waals surface area (Å²) in [5, 5.41) is 1.08. The molecule has 1 aliphatic rings. The number of carbonyl (C=O) groups is 1. The third-order valence-electron chi connectivity index (χ3n) is 4.00. The zero-order chi connectivity index (χ0) is 16.4. The fourth-order valence-corrected chi connectivity index (χ4v) is 3.02. The van der Waals surface area contributed by atoms with Gasteiger partial charge in [0.1, 0.15) is 5.75 Å². The second kappa shape index (κ2) is 6.81. The first-order chi connectivity index (χ1) is 11.1. The SMILES string of the molecule is COc1cccc(C(=O)N2CC[C](c3ccc(Cl)c(Cl)c3)C2)c1. The van der Waals surface area contributed by atoms with Gasteiger partial charge < -0.3 is 9.64 Å². The number of likely N-dealkylation sites (tertiary alicyclic amines) is 1. The van der Waals surface area contributed by atoms with Gasteiger partial charge in [-0.3, -0.25) is 4.79 Å². The van der Waals surface area contributed by atoms with Crippen molar-refractivity contribution < 1.29 is 9.53 Å². The lowest BCUT2D eigenvalue weighted by Gasteiger charge is -2.17. The van der Waals surface area contributed by atoms with Crippen molar-refractivity contribution in [2.75, 3.05) is 20.2 Å². The highest BCUT2D eigenvalue weighted by atomic mass is 35.5. The summed E-state index contributed by atoms with van der Waals surface area (Å²) in [7, 11) is 1.59. The van der Waals surface area contributed by atoms with Crippen LogP contribution >= 0.6 is 23.2 Å². The Balaban J connectivity index is 1.73. The van der Waals surface area contributed by atoms with E-state index in [1.807, 2.05) is 35.2 Å². The number of nitrogens with zero attached hydrogens (tertiary/aromatic N) is 1. The van der Waals surface area contributed by atoms with Gasteiger partial charge in [0.2, 0.25) is 0 Å². The van der Waals surface area contributed by atoms with Crippen LogP contribution in [-0.2, 0) is 0 Å². The molecule has 0 spiro atoms. The first-order valence-electron chi connectivity index (χ1n) is 7.32. The van der Waals surface area contributed by atoms with Crippen LogP contribution in [0.25, 0.3) is 0 Å². The van der Waals surface area contributed by atoms with Crippen LogP contribution in [0.2, 0.25) is 10.0 Å². The summed E-state index contributed by atoms with van der Waals surface area (Å²) in [5.74, 6) is 1.89. The predicted octanol–water partition coefficient (Wildman–Crippen LogP) is 4.47. The second-order valence-corrected chi connectivity index (χ2v) is 6.26.